The molecule has 344 valence electrons. The molecule has 4 aromatic heterocycles. The average Bonchev–Trinajstić information content (AvgIpc) is 4.42. The average molecular weight is 1010 g/mol. The summed E-state index contributed by atoms with van der Waals surface area (Å²) in [6.45, 7) is 2.23. The zero-order valence-corrected chi connectivity index (χ0v) is 43.4. The third kappa shape index (κ3) is 4.99. The maximum Gasteiger partial charge on any atom is 0.0714 e. The smallest absolute Gasteiger partial charge is 0.0714 e. The SMILES string of the molecule is CNc1ccc(-c2cc3c(s2)-c2ccc4c5c(ccc-3c25)-c2cc(-c3ccc5c(c3)C(c3ccccc3)(c3ccccc3)c3cc(-c6cc7c(s6)-c6ccc8c9c(ccc-7c69)-c6sc(C)cc6-8)ccc3-5)sc2-4)cc1. The molecule has 0 saturated heterocycles. The summed E-state index contributed by atoms with van der Waals surface area (Å²) in [5.41, 5.74) is 28.8. The predicted octanol–water partition coefficient (Wildman–Crippen LogP) is 20.5. The third-order valence-electron chi connectivity index (χ3n) is 17.1. The highest BCUT2D eigenvalue weighted by atomic mass is 32.1. The second kappa shape index (κ2) is 14.2. The van der Waals surface area contributed by atoms with Gasteiger partial charge in [0.1, 0.15) is 0 Å². The quantitative estimate of drug-likeness (QED) is 0.175. The van der Waals surface area contributed by atoms with Gasteiger partial charge in [0.25, 0.3) is 0 Å². The van der Waals surface area contributed by atoms with Crippen LogP contribution in [-0.2, 0) is 5.41 Å². The molecular weight excluding hydrogens is 971 g/mol. The first-order chi connectivity index (χ1) is 36.5. The molecule has 1 N–H and O–H groups in total. The number of rotatable bonds is 6. The number of benzene rings is 9. The molecule has 0 aliphatic heterocycles. The van der Waals surface area contributed by atoms with Gasteiger partial charge in [0.15, 0.2) is 0 Å². The summed E-state index contributed by atoms with van der Waals surface area (Å²) >= 11 is 7.76. The van der Waals surface area contributed by atoms with Crippen molar-refractivity contribution in [2.45, 2.75) is 12.3 Å². The van der Waals surface area contributed by atoms with Crippen molar-refractivity contribution in [3.63, 3.8) is 0 Å². The lowest BCUT2D eigenvalue weighted by atomic mass is 9.67. The van der Waals surface area contributed by atoms with Gasteiger partial charge in [-0.2, -0.15) is 0 Å². The monoisotopic (exact) mass is 1010 g/mol. The molecule has 9 aromatic carbocycles. The first kappa shape index (κ1) is 40.6. The van der Waals surface area contributed by atoms with E-state index >= 15 is 0 Å². The first-order valence-electron chi connectivity index (χ1n) is 25.5. The number of fused-ring (bicyclic) bond motifs is 15. The van der Waals surface area contributed by atoms with Crippen LogP contribution in [0.5, 0.6) is 0 Å². The van der Waals surface area contributed by atoms with Crippen LogP contribution in [0.4, 0.5) is 5.69 Å². The molecular formula is C69H39NS4. The fourth-order valence-corrected chi connectivity index (χ4v) is 18.6. The van der Waals surface area contributed by atoms with Crippen molar-refractivity contribution < 1.29 is 0 Å². The summed E-state index contributed by atoms with van der Waals surface area (Å²) in [6, 6.07) is 75.1. The van der Waals surface area contributed by atoms with Gasteiger partial charge in [0, 0.05) is 96.3 Å². The minimum atomic E-state index is -0.534. The maximum atomic E-state index is 3.26. The van der Waals surface area contributed by atoms with Gasteiger partial charge in [-0.3, -0.25) is 0 Å². The first-order valence-corrected chi connectivity index (χ1v) is 28.7. The Balaban J connectivity index is 0.756. The Bertz CT molecular complexity index is 4490. The molecule has 0 radical (unpaired) electrons. The highest BCUT2D eigenvalue weighted by Gasteiger charge is 2.47. The van der Waals surface area contributed by atoms with Crippen molar-refractivity contribution in [3.05, 3.63) is 221 Å². The molecule has 5 aliphatic carbocycles. The van der Waals surface area contributed by atoms with E-state index < -0.39 is 5.41 Å². The van der Waals surface area contributed by atoms with Crippen LogP contribution in [0.15, 0.2) is 194 Å². The standard InChI is InChI=1S/C69H39NS4/c1-35-29-52-44-23-26-49-64-47(24-25-48(61(44)64)65(52)71-35)55-34-60(73-67(49)55)38-16-20-43-42-19-15-37(30-56(42)69(57(43)31-38,39-9-5-3-6-10-39)40-11-7-4-8-12-40)59-33-54-46-22-21-45-53-32-58(36-13-17-41(70-2)18-14-36)72-66(53)50-27-28-51(68(54)74-59)63(46)62(45)50/h3-34,70H,1-2H3. The zero-order valence-electron chi connectivity index (χ0n) is 40.1. The van der Waals surface area contributed by atoms with E-state index in [1.807, 2.05) is 52.4 Å². The van der Waals surface area contributed by atoms with Crippen molar-refractivity contribution in [3.8, 4) is 129 Å². The summed E-state index contributed by atoms with van der Waals surface area (Å²) in [7, 11) is 1.97. The molecule has 0 fully saturated rings. The predicted molar refractivity (Wildman–Crippen MR) is 319 cm³/mol. The van der Waals surface area contributed by atoms with Gasteiger partial charge in [-0.15, -0.1) is 45.3 Å². The number of thiophene rings is 4. The lowest BCUT2D eigenvalue weighted by Crippen LogP contribution is -2.28. The van der Waals surface area contributed by atoms with Crippen molar-refractivity contribution >= 4 is 72.6 Å². The van der Waals surface area contributed by atoms with E-state index in [1.165, 1.54) is 177 Å². The molecule has 5 aliphatic rings. The van der Waals surface area contributed by atoms with Crippen LogP contribution in [-0.4, -0.2) is 7.05 Å². The Hall–Kier alpha value is -7.90. The second-order valence-electron chi connectivity index (χ2n) is 20.6. The largest absolute Gasteiger partial charge is 0.388 e. The van der Waals surface area contributed by atoms with E-state index in [4.69, 9.17) is 0 Å². The van der Waals surface area contributed by atoms with Crippen LogP contribution in [0.3, 0.4) is 0 Å². The fraction of sp³-hybridized carbons (Fsp3) is 0.0435. The number of hydrogen-bond acceptors (Lipinski definition) is 5. The molecule has 13 aromatic rings. The van der Waals surface area contributed by atoms with Crippen LogP contribution in [0.1, 0.15) is 27.1 Å². The minimum absolute atomic E-state index is 0.534. The summed E-state index contributed by atoms with van der Waals surface area (Å²) < 4.78 is 0. The molecule has 1 nitrogen and oxygen atoms in total. The van der Waals surface area contributed by atoms with Crippen molar-refractivity contribution in [1.82, 2.24) is 0 Å². The highest BCUT2D eigenvalue weighted by molar-refractivity contribution is 7.21. The summed E-state index contributed by atoms with van der Waals surface area (Å²) in [4.78, 5) is 10.9. The van der Waals surface area contributed by atoms with Crippen LogP contribution < -0.4 is 5.32 Å². The molecule has 0 spiro atoms. The highest BCUT2D eigenvalue weighted by Crippen LogP contribution is 2.64. The Morgan fingerprint density at radius 3 is 1.08 bits per heavy atom. The van der Waals surface area contributed by atoms with E-state index in [0.717, 1.165) is 5.69 Å². The molecule has 74 heavy (non-hydrogen) atoms. The maximum absolute atomic E-state index is 3.26. The van der Waals surface area contributed by atoms with Crippen LogP contribution in [0.25, 0.3) is 150 Å². The van der Waals surface area contributed by atoms with E-state index in [2.05, 4.69) is 206 Å². The second-order valence-corrected chi connectivity index (χ2v) is 25.0. The van der Waals surface area contributed by atoms with Gasteiger partial charge in [0.05, 0.1) is 5.41 Å². The van der Waals surface area contributed by atoms with Gasteiger partial charge in [-0.25, -0.2) is 0 Å². The van der Waals surface area contributed by atoms with Gasteiger partial charge in [-0.05, 0) is 149 Å². The topological polar surface area (TPSA) is 12.0 Å². The molecule has 18 rings (SSSR count). The fourth-order valence-electron chi connectivity index (χ4n) is 14.0. The van der Waals surface area contributed by atoms with Crippen LogP contribution >= 0.6 is 45.3 Å². The number of anilines is 1. The van der Waals surface area contributed by atoms with Crippen LogP contribution in [0, 0.1) is 6.92 Å². The summed E-state index contributed by atoms with van der Waals surface area (Å²) in [5.74, 6) is 0. The Labute approximate surface area is 444 Å². The zero-order chi connectivity index (χ0) is 48.3. The normalized spacial score (nSPS) is 13.6. The third-order valence-corrected chi connectivity index (χ3v) is 21.8. The van der Waals surface area contributed by atoms with Gasteiger partial charge in [0.2, 0.25) is 0 Å². The molecule has 0 bridgehead atoms. The van der Waals surface area contributed by atoms with Crippen molar-refractivity contribution in [2.24, 2.45) is 0 Å². The molecule has 0 unspecified atom stereocenters. The molecule has 5 heteroatoms. The van der Waals surface area contributed by atoms with Gasteiger partial charge < -0.3 is 5.32 Å². The van der Waals surface area contributed by atoms with Gasteiger partial charge in [-0.1, -0.05) is 146 Å². The van der Waals surface area contributed by atoms with Crippen LogP contribution in [0.2, 0.25) is 0 Å². The molecule has 0 amide bonds. The summed E-state index contributed by atoms with van der Waals surface area (Å²) in [6.07, 6.45) is 0. The number of hydrogen-bond donors (Lipinski definition) is 1. The lowest BCUT2D eigenvalue weighted by molar-refractivity contribution is 0.769. The number of aryl methyl sites for hydroxylation is 1. The van der Waals surface area contributed by atoms with E-state index in [1.54, 1.807) is 0 Å². The Morgan fingerprint density at radius 1 is 0.311 bits per heavy atom. The molecule has 4 heterocycles. The number of nitrogens with one attached hydrogen (secondary N) is 1. The molecule has 0 saturated carbocycles. The summed E-state index contributed by atoms with van der Waals surface area (Å²) in [5, 5.41) is 8.97. The van der Waals surface area contributed by atoms with E-state index in [0.29, 0.717) is 0 Å². The van der Waals surface area contributed by atoms with Crippen molar-refractivity contribution in [2.75, 3.05) is 12.4 Å². The minimum Gasteiger partial charge on any atom is -0.388 e. The Morgan fingerprint density at radius 2 is 0.662 bits per heavy atom. The van der Waals surface area contributed by atoms with E-state index in [-0.39, 0.29) is 0 Å². The lowest BCUT2D eigenvalue weighted by Gasteiger charge is -2.34. The van der Waals surface area contributed by atoms with E-state index in [9.17, 15) is 0 Å². The van der Waals surface area contributed by atoms with Gasteiger partial charge >= 0.3 is 0 Å². The van der Waals surface area contributed by atoms with Crippen molar-refractivity contribution in [1.29, 1.82) is 0 Å². The Kier molecular flexibility index (Phi) is 7.80. The molecule has 0 atom stereocenters.